The van der Waals surface area contributed by atoms with Crippen LogP contribution >= 0.6 is 0 Å². The molecule has 3 N–H and O–H groups in total. The lowest BCUT2D eigenvalue weighted by Crippen LogP contribution is -2.25. The lowest BCUT2D eigenvalue weighted by Gasteiger charge is -2.15. The smallest absolute Gasteiger partial charge is 0.224 e. The van der Waals surface area contributed by atoms with Crippen molar-refractivity contribution in [1.29, 1.82) is 0 Å². The number of carbonyl (C=O) groups excluding carboxylic acids is 1. The van der Waals surface area contributed by atoms with Gasteiger partial charge in [-0.2, -0.15) is 5.10 Å². The number of hydrogen-bond donors (Lipinski definition) is 3. The van der Waals surface area contributed by atoms with Crippen LogP contribution in [0, 0.1) is 11.7 Å². The second-order valence-corrected chi connectivity index (χ2v) is 12.3. The van der Waals surface area contributed by atoms with Crippen LogP contribution in [0.4, 0.5) is 10.1 Å². The number of amides is 1. The standard InChI is InChI=1S/C36H36FN7O2/c1-22(2)11-35(45)40-27-13-25(18-38-19-27)23-5-6-32-30(15-23)36(43-42-32)33-17-29-31(20-39-21-34(29)41-33)24-12-26(37)16-28(14-24)46-10-9-44-7-3-4-8-44/h5-6,12-22,41H,3-4,7-11H2,1-2H3,(H,40,45)(H,42,43). The maximum Gasteiger partial charge on any atom is 0.224 e. The fourth-order valence-electron chi connectivity index (χ4n) is 6.16. The average Bonchev–Trinajstić information content (AvgIpc) is 3.80. The van der Waals surface area contributed by atoms with E-state index in [2.05, 4.69) is 41.4 Å². The molecular weight excluding hydrogens is 581 g/mol. The second-order valence-electron chi connectivity index (χ2n) is 12.3. The summed E-state index contributed by atoms with van der Waals surface area (Å²) >= 11 is 0. The van der Waals surface area contributed by atoms with E-state index in [1.54, 1.807) is 24.8 Å². The number of nitrogens with one attached hydrogen (secondary N) is 3. The summed E-state index contributed by atoms with van der Waals surface area (Å²) < 4.78 is 20.8. The molecule has 0 saturated carbocycles. The maximum absolute atomic E-state index is 14.8. The lowest BCUT2D eigenvalue weighted by atomic mass is 10.0. The molecule has 4 aromatic heterocycles. The molecule has 0 aliphatic carbocycles. The van der Waals surface area contributed by atoms with Crippen LogP contribution in [0.2, 0.25) is 0 Å². The Morgan fingerprint density at radius 2 is 1.78 bits per heavy atom. The number of benzene rings is 2. The zero-order valence-electron chi connectivity index (χ0n) is 25.9. The van der Waals surface area contributed by atoms with Crippen molar-refractivity contribution >= 4 is 33.4 Å². The number of anilines is 1. The summed E-state index contributed by atoms with van der Waals surface area (Å²) in [4.78, 5) is 27.0. The maximum atomic E-state index is 14.8. The molecule has 1 aliphatic heterocycles. The zero-order chi connectivity index (χ0) is 31.6. The highest BCUT2D eigenvalue weighted by molar-refractivity contribution is 6.01. The molecule has 9 nitrogen and oxygen atoms in total. The van der Waals surface area contributed by atoms with Crippen LogP contribution in [-0.2, 0) is 4.79 Å². The van der Waals surface area contributed by atoms with Crippen molar-refractivity contribution in [2.45, 2.75) is 33.1 Å². The number of H-pyrrole nitrogens is 2. The first-order valence-electron chi connectivity index (χ1n) is 15.8. The number of aromatic amines is 2. The van der Waals surface area contributed by atoms with Crippen LogP contribution in [0.25, 0.3) is 55.4 Å². The second kappa shape index (κ2) is 12.7. The van der Waals surface area contributed by atoms with Crippen molar-refractivity contribution < 1.29 is 13.9 Å². The van der Waals surface area contributed by atoms with E-state index in [0.717, 1.165) is 69.5 Å². The highest BCUT2D eigenvalue weighted by atomic mass is 19.1. The fourth-order valence-corrected chi connectivity index (χ4v) is 6.16. The summed E-state index contributed by atoms with van der Waals surface area (Å²) in [6, 6.07) is 14.8. The Morgan fingerprint density at radius 1 is 0.935 bits per heavy atom. The first kappa shape index (κ1) is 29.6. The van der Waals surface area contributed by atoms with Crippen LogP contribution in [0.5, 0.6) is 5.75 Å². The number of carbonyl (C=O) groups is 1. The van der Waals surface area contributed by atoms with Crippen LogP contribution in [0.15, 0.2) is 73.3 Å². The largest absolute Gasteiger partial charge is 0.492 e. The average molecular weight is 618 g/mol. The number of pyridine rings is 2. The van der Waals surface area contributed by atoms with Crippen molar-refractivity contribution in [3.05, 3.63) is 79.1 Å². The van der Waals surface area contributed by atoms with E-state index in [9.17, 15) is 9.18 Å². The molecule has 0 unspecified atom stereocenters. The van der Waals surface area contributed by atoms with E-state index in [4.69, 9.17) is 4.74 Å². The number of aromatic nitrogens is 5. The highest BCUT2D eigenvalue weighted by Crippen LogP contribution is 2.36. The van der Waals surface area contributed by atoms with Gasteiger partial charge in [0.05, 0.1) is 34.8 Å². The predicted molar refractivity (Wildman–Crippen MR) is 179 cm³/mol. The van der Waals surface area contributed by atoms with Crippen LogP contribution in [-0.4, -0.2) is 62.2 Å². The first-order valence-corrected chi connectivity index (χ1v) is 15.8. The quantitative estimate of drug-likeness (QED) is 0.147. The summed E-state index contributed by atoms with van der Waals surface area (Å²) in [5, 5.41) is 12.6. The molecule has 10 heteroatoms. The van der Waals surface area contributed by atoms with E-state index < -0.39 is 0 Å². The van der Waals surface area contributed by atoms with Crippen molar-refractivity contribution in [2.24, 2.45) is 5.92 Å². The molecule has 7 rings (SSSR count). The Kier molecular flexibility index (Phi) is 8.19. The molecule has 5 heterocycles. The number of ether oxygens (including phenoxy) is 1. The summed E-state index contributed by atoms with van der Waals surface area (Å²) in [6.45, 7) is 7.56. The molecule has 1 saturated heterocycles. The first-order chi connectivity index (χ1) is 22.4. The van der Waals surface area contributed by atoms with Gasteiger partial charge in [-0.1, -0.05) is 19.9 Å². The van der Waals surface area contributed by atoms with Gasteiger partial charge in [-0.05, 0) is 79.4 Å². The molecule has 234 valence electrons. The summed E-state index contributed by atoms with van der Waals surface area (Å²) in [6.07, 6.45) is 9.85. The Hall–Kier alpha value is -5.09. The molecule has 46 heavy (non-hydrogen) atoms. The Labute approximate surface area is 266 Å². The lowest BCUT2D eigenvalue weighted by molar-refractivity contribution is -0.116. The van der Waals surface area contributed by atoms with Crippen LogP contribution in [0.1, 0.15) is 33.1 Å². The van der Waals surface area contributed by atoms with E-state index in [1.165, 1.54) is 25.0 Å². The number of nitrogens with zero attached hydrogens (tertiary/aromatic N) is 4. The third-order valence-electron chi connectivity index (χ3n) is 8.37. The Morgan fingerprint density at radius 3 is 2.63 bits per heavy atom. The van der Waals surface area contributed by atoms with Gasteiger partial charge in [-0.15, -0.1) is 0 Å². The molecule has 0 spiro atoms. The topological polar surface area (TPSA) is 112 Å². The molecule has 0 radical (unpaired) electrons. The highest BCUT2D eigenvalue weighted by Gasteiger charge is 2.17. The minimum absolute atomic E-state index is 0.0336. The van der Waals surface area contributed by atoms with Crippen LogP contribution in [0.3, 0.4) is 0 Å². The van der Waals surface area contributed by atoms with E-state index in [-0.39, 0.29) is 17.6 Å². The fraction of sp³-hybridized carbons (Fsp3) is 0.278. The van der Waals surface area contributed by atoms with Crippen LogP contribution < -0.4 is 10.1 Å². The summed E-state index contributed by atoms with van der Waals surface area (Å²) in [5.41, 5.74) is 7.22. The normalized spacial score (nSPS) is 13.7. The van der Waals surface area contributed by atoms with Gasteiger partial charge in [-0.25, -0.2) is 4.39 Å². The number of likely N-dealkylation sites (tertiary alicyclic amines) is 1. The number of hydrogen-bond acceptors (Lipinski definition) is 6. The molecular formula is C36H36FN7O2. The summed E-state index contributed by atoms with van der Waals surface area (Å²) in [7, 11) is 0. The van der Waals surface area contributed by atoms with Gasteiger partial charge in [0.15, 0.2) is 0 Å². The molecule has 0 atom stereocenters. The van der Waals surface area contributed by atoms with E-state index in [1.807, 2.05) is 44.2 Å². The number of rotatable bonds is 10. The molecule has 1 amide bonds. The van der Waals surface area contributed by atoms with Gasteiger partial charge < -0.3 is 15.0 Å². The monoisotopic (exact) mass is 617 g/mol. The van der Waals surface area contributed by atoms with E-state index in [0.29, 0.717) is 30.0 Å². The number of halogens is 1. The minimum Gasteiger partial charge on any atom is -0.492 e. The molecule has 6 aromatic rings. The Balaban J connectivity index is 1.18. The van der Waals surface area contributed by atoms with Gasteiger partial charge in [0, 0.05) is 53.3 Å². The molecule has 1 fully saturated rings. The van der Waals surface area contributed by atoms with Gasteiger partial charge in [0.2, 0.25) is 5.91 Å². The molecule has 2 aromatic carbocycles. The molecule has 1 aliphatic rings. The summed E-state index contributed by atoms with van der Waals surface area (Å²) in [5.74, 6) is 0.384. The van der Waals surface area contributed by atoms with Gasteiger partial charge in [0.25, 0.3) is 0 Å². The third-order valence-corrected chi connectivity index (χ3v) is 8.37. The minimum atomic E-state index is -0.356. The Bertz CT molecular complexity index is 2030. The van der Waals surface area contributed by atoms with Crippen molar-refractivity contribution in [3.63, 3.8) is 0 Å². The van der Waals surface area contributed by atoms with Crippen molar-refractivity contribution in [2.75, 3.05) is 31.6 Å². The van der Waals surface area contributed by atoms with Gasteiger partial charge >= 0.3 is 0 Å². The van der Waals surface area contributed by atoms with Crippen molar-refractivity contribution in [1.82, 2.24) is 30.0 Å². The number of fused-ring (bicyclic) bond motifs is 2. The predicted octanol–water partition coefficient (Wildman–Crippen LogP) is 7.43. The van der Waals surface area contributed by atoms with E-state index >= 15 is 0 Å². The van der Waals surface area contributed by atoms with Crippen molar-refractivity contribution in [3.8, 4) is 39.4 Å². The zero-order valence-corrected chi connectivity index (χ0v) is 25.9. The van der Waals surface area contributed by atoms with Gasteiger partial charge in [0.1, 0.15) is 23.9 Å². The SMILES string of the molecule is CC(C)CC(=O)Nc1cncc(-c2ccc3[nH]nc(-c4cc5c(-c6cc(F)cc(OCCN7CCCC7)c6)cncc5[nH]4)c3c2)c1. The van der Waals surface area contributed by atoms with Gasteiger partial charge in [-0.3, -0.25) is 24.8 Å². The third kappa shape index (κ3) is 6.34. The molecule has 0 bridgehead atoms.